The van der Waals surface area contributed by atoms with E-state index in [0.717, 1.165) is 11.1 Å². The van der Waals surface area contributed by atoms with Gasteiger partial charge in [0, 0.05) is 5.56 Å². The van der Waals surface area contributed by atoms with E-state index in [2.05, 4.69) is 5.92 Å². The Kier molecular flexibility index (Phi) is 7.94. The van der Waals surface area contributed by atoms with Gasteiger partial charge >= 0.3 is 5.97 Å². The summed E-state index contributed by atoms with van der Waals surface area (Å²) in [6.45, 7) is 2.11. The maximum absolute atomic E-state index is 14.0. The molecule has 5 rings (SSSR count). The van der Waals surface area contributed by atoms with Gasteiger partial charge in [-0.05, 0) is 48.4 Å². The zero-order valence-electron chi connectivity index (χ0n) is 22.0. The molecule has 4 aromatic rings. The predicted molar refractivity (Wildman–Crippen MR) is 155 cm³/mol. The van der Waals surface area contributed by atoms with Gasteiger partial charge in [-0.25, -0.2) is 9.79 Å². The summed E-state index contributed by atoms with van der Waals surface area (Å²) in [6.07, 6.45) is 7.07. The summed E-state index contributed by atoms with van der Waals surface area (Å²) in [5.41, 5.74) is 2.75. The fraction of sp³-hybridized carbons (Fsp3) is 0.156. The molecule has 0 spiro atoms. The maximum atomic E-state index is 14.0. The van der Waals surface area contributed by atoms with E-state index in [1.54, 1.807) is 36.8 Å². The summed E-state index contributed by atoms with van der Waals surface area (Å²) in [5.74, 6) is 3.15. The van der Waals surface area contributed by atoms with Gasteiger partial charge < -0.3 is 14.2 Å². The molecule has 8 heteroatoms. The first-order chi connectivity index (χ1) is 19.5. The highest BCUT2D eigenvalue weighted by molar-refractivity contribution is 7.07. The van der Waals surface area contributed by atoms with Crippen LogP contribution < -0.4 is 24.4 Å². The van der Waals surface area contributed by atoms with Gasteiger partial charge in [0.1, 0.15) is 18.1 Å². The van der Waals surface area contributed by atoms with Crippen LogP contribution in [0.2, 0.25) is 0 Å². The van der Waals surface area contributed by atoms with Gasteiger partial charge in [-0.15, -0.1) is 6.42 Å². The van der Waals surface area contributed by atoms with Gasteiger partial charge in [-0.2, -0.15) is 0 Å². The molecule has 0 saturated carbocycles. The van der Waals surface area contributed by atoms with Crippen molar-refractivity contribution in [3.8, 4) is 23.8 Å². The second-order valence-corrected chi connectivity index (χ2v) is 9.78. The van der Waals surface area contributed by atoms with Gasteiger partial charge in [0.15, 0.2) is 4.80 Å². The Morgan fingerprint density at radius 2 is 1.85 bits per heavy atom. The Morgan fingerprint density at radius 3 is 2.55 bits per heavy atom. The molecule has 0 N–H and O–H groups in total. The van der Waals surface area contributed by atoms with E-state index < -0.39 is 12.0 Å². The molecule has 1 atom stereocenters. The smallest absolute Gasteiger partial charge is 0.338 e. The summed E-state index contributed by atoms with van der Waals surface area (Å²) in [7, 11) is 1.57. The zero-order valence-corrected chi connectivity index (χ0v) is 22.8. The second-order valence-electron chi connectivity index (χ2n) is 8.77. The molecule has 0 amide bonds. The molecule has 0 saturated heterocycles. The third kappa shape index (κ3) is 5.33. The number of nitrogens with zero attached hydrogens (tertiary/aromatic N) is 2. The van der Waals surface area contributed by atoms with Crippen molar-refractivity contribution in [2.75, 3.05) is 20.3 Å². The SMILES string of the molecule is C#CCOc1ccc(/C=c2/sc3n(c2=O)[C@@H](c2cccc(OC)c2)C(C(=O)OCC)=C(c2ccccc2)N=3)cc1. The highest BCUT2D eigenvalue weighted by atomic mass is 32.1. The summed E-state index contributed by atoms with van der Waals surface area (Å²) in [6, 6.07) is 23.3. The number of aromatic nitrogens is 1. The fourth-order valence-corrected chi connectivity index (χ4v) is 5.50. The third-order valence-electron chi connectivity index (χ3n) is 6.28. The van der Waals surface area contributed by atoms with Crippen molar-refractivity contribution in [1.82, 2.24) is 4.57 Å². The van der Waals surface area contributed by atoms with E-state index in [9.17, 15) is 9.59 Å². The zero-order chi connectivity index (χ0) is 28.1. The highest BCUT2D eigenvalue weighted by Gasteiger charge is 2.35. The normalized spacial score (nSPS) is 14.6. The number of ether oxygens (including phenoxy) is 3. The van der Waals surface area contributed by atoms with Crippen LogP contribution in [0, 0.1) is 12.3 Å². The highest BCUT2D eigenvalue weighted by Crippen LogP contribution is 2.36. The summed E-state index contributed by atoms with van der Waals surface area (Å²) < 4.78 is 18.5. The Morgan fingerprint density at radius 1 is 1.07 bits per heavy atom. The second kappa shape index (κ2) is 11.9. The quantitative estimate of drug-likeness (QED) is 0.245. The van der Waals surface area contributed by atoms with Gasteiger partial charge in [-0.3, -0.25) is 9.36 Å². The first kappa shape index (κ1) is 26.7. The molecule has 1 aromatic heterocycles. The van der Waals surface area contributed by atoms with Gasteiger partial charge in [0.05, 0.1) is 35.6 Å². The van der Waals surface area contributed by atoms with Crippen LogP contribution >= 0.6 is 11.3 Å². The largest absolute Gasteiger partial charge is 0.497 e. The number of hydrogen-bond acceptors (Lipinski definition) is 7. The minimum absolute atomic E-state index is 0.175. The lowest BCUT2D eigenvalue weighted by Gasteiger charge is -2.26. The molecule has 0 fully saturated rings. The van der Waals surface area contributed by atoms with Crippen molar-refractivity contribution in [2.45, 2.75) is 13.0 Å². The number of benzene rings is 3. The van der Waals surface area contributed by atoms with Crippen molar-refractivity contribution in [1.29, 1.82) is 0 Å². The number of thiazole rings is 1. The van der Waals surface area contributed by atoms with Crippen LogP contribution in [0.3, 0.4) is 0 Å². The van der Waals surface area contributed by atoms with E-state index in [1.165, 1.54) is 11.3 Å². The number of fused-ring (bicyclic) bond motifs is 1. The van der Waals surface area contributed by atoms with Crippen LogP contribution in [0.1, 0.15) is 29.7 Å². The molecule has 3 aromatic carbocycles. The summed E-state index contributed by atoms with van der Waals surface area (Å²) >= 11 is 1.26. The Bertz CT molecular complexity index is 1790. The monoisotopic (exact) mass is 550 g/mol. The maximum Gasteiger partial charge on any atom is 0.338 e. The van der Waals surface area contributed by atoms with Crippen LogP contribution in [0.5, 0.6) is 11.5 Å². The lowest BCUT2D eigenvalue weighted by atomic mass is 9.93. The van der Waals surface area contributed by atoms with Crippen molar-refractivity contribution in [3.63, 3.8) is 0 Å². The van der Waals surface area contributed by atoms with Gasteiger partial charge in [0.25, 0.3) is 5.56 Å². The summed E-state index contributed by atoms with van der Waals surface area (Å²) in [4.78, 5) is 32.8. The number of methoxy groups -OCH3 is 1. The Balaban J connectivity index is 1.75. The van der Waals surface area contributed by atoms with E-state index in [-0.39, 0.29) is 24.3 Å². The first-order valence-electron chi connectivity index (χ1n) is 12.6. The third-order valence-corrected chi connectivity index (χ3v) is 7.27. The van der Waals surface area contributed by atoms with Crippen molar-refractivity contribution < 1.29 is 19.0 Å². The van der Waals surface area contributed by atoms with Crippen LogP contribution in [0.4, 0.5) is 0 Å². The minimum Gasteiger partial charge on any atom is -0.497 e. The number of rotatable bonds is 8. The number of terminal acetylenes is 1. The molecule has 40 heavy (non-hydrogen) atoms. The fourth-order valence-electron chi connectivity index (χ4n) is 4.50. The van der Waals surface area contributed by atoms with Crippen LogP contribution in [0.15, 0.2) is 94.2 Å². The van der Waals surface area contributed by atoms with Crippen LogP contribution in [-0.2, 0) is 9.53 Å². The molecule has 0 unspecified atom stereocenters. The lowest BCUT2D eigenvalue weighted by Crippen LogP contribution is -2.40. The predicted octanol–water partition coefficient (Wildman–Crippen LogP) is 3.96. The van der Waals surface area contributed by atoms with Crippen molar-refractivity contribution in [3.05, 3.63) is 121 Å². The van der Waals surface area contributed by atoms with Crippen LogP contribution in [0.25, 0.3) is 11.8 Å². The molecule has 1 aliphatic heterocycles. The number of carbonyl (C=O) groups is 1. The average molecular weight is 551 g/mol. The molecule has 0 bridgehead atoms. The Labute approximate surface area is 235 Å². The van der Waals surface area contributed by atoms with E-state index >= 15 is 0 Å². The number of hydrogen-bond donors (Lipinski definition) is 0. The van der Waals surface area contributed by atoms with E-state index in [0.29, 0.717) is 32.1 Å². The standard InChI is InChI=1S/C32H26N2O5S/c1-4-18-39-24-16-14-21(15-17-24)19-26-30(35)34-29(23-12-9-13-25(20-23)37-3)27(31(36)38-5-2)28(33-32(34)40-26)22-10-7-6-8-11-22/h1,6-17,19-20,29H,5,18H2,2-3H3/b26-19+/t29-/m0/s1. The molecule has 1 aliphatic rings. The van der Waals surface area contributed by atoms with Gasteiger partial charge in [0.2, 0.25) is 0 Å². The Hall–Kier alpha value is -4.87. The molecular weight excluding hydrogens is 524 g/mol. The van der Waals surface area contributed by atoms with Crippen molar-refractivity contribution >= 4 is 29.1 Å². The molecule has 200 valence electrons. The molecule has 7 nitrogen and oxygen atoms in total. The van der Waals surface area contributed by atoms with Crippen LogP contribution in [-0.4, -0.2) is 30.9 Å². The average Bonchev–Trinajstić information content (AvgIpc) is 3.30. The molecule has 2 heterocycles. The number of esters is 1. The van der Waals surface area contributed by atoms with Crippen molar-refractivity contribution in [2.24, 2.45) is 4.99 Å². The molecule has 0 radical (unpaired) electrons. The lowest BCUT2D eigenvalue weighted by molar-refractivity contribution is -0.138. The van der Waals surface area contributed by atoms with Gasteiger partial charge in [-0.1, -0.05) is 71.9 Å². The first-order valence-corrected chi connectivity index (χ1v) is 13.4. The minimum atomic E-state index is -0.776. The molecular formula is C32H26N2O5S. The van der Waals surface area contributed by atoms with E-state index in [1.807, 2.05) is 66.7 Å². The molecule has 0 aliphatic carbocycles. The topological polar surface area (TPSA) is 79.1 Å². The van der Waals surface area contributed by atoms with E-state index in [4.69, 9.17) is 25.6 Å². The number of carbonyl (C=O) groups excluding carboxylic acids is 1. The summed E-state index contributed by atoms with van der Waals surface area (Å²) in [5, 5.41) is 0.